The van der Waals surface area contributed by atoms with Gasteiger partial charge in [0.15, 0.2) is 5.82 Å². The molecule has 0 saturated carbocycles. The molecule has 1 unspecified atom stereocenters. The molecule has 3 rings (SSSR count). The van der Waals surface area contributed by atoms with Crippen molar-refractivity contribution in [3.8, 4) is 0 Å². The van der Waals surface area contributed by atoms with Crippen molar-refractivity contribution < 1.29 is 9.26 Å². The molecule has 0 amide bonds. The van der Waals surface area contributed by atoms with Gasteiger partial charge < -0.3 is 14.6 Å². The summed E-state index contributed by atoms with van der Waals surface area (Å²) < 4.78 is 10.7. The van der Waals surface area contributed by atoms with Crippen LogP contribution >= 0.6 is 23.4 Å². The number of morpholine rings is 1. The van der Waals surface area contributed by atoms with Crippen LogP contribution in [0.1, 0.15) is 11.7 Å². The summed E-state index contributed by atoms with van der Waals surface area (Å²) in [6.45, 7) is 2.32. The van der Waals surface area contributed by atoms with E-state index in [2.05, 4.69) is 15.5 Å². The van der Waals surface area contributed by atoms with Gasteiger partial charge in [0.1, 0.15) is 0 Å². The molecule has 0 bridgehead atoms. The molecular weight excluding hydrogens is 310 g/mol. The Balaban J connectivity index is 1.54. The van der Waals surface area contributed by atoms with Crippen LogP contribution in [0.2, 0.25) is 5.02 Å². The summed E-state index contributed by atoms with van der Waals surface area (Å²) in [5, 5.41) is 8.12. The highest BCUT2D eigenvalue weighted by Crippen LogP contribution is 2.28. The van der Waals surface area contributed by atoms with E-state index >= 15 is 0 Å². The third kappa shape index (κ3) is 4.20. The van der Waals surface area contributed by atoms with Crippen molar-refractivity contribution in [2.45, 2.75) is 23.1 Å². The highest BCUT2D eigenvalue weighted by molar-refractivity contribution is 7.98. The third-order valence-corrected chi connectivity index (χ3v) is 4.63. The number of hydrogen-bond donors (Lipinski definition) is 1. The third-order valence-electron chi connectivity index (χ3n) is 3.12. The fourth-order valence-electron chi connectivity index (χ4n) is 2.10. The largest absolute Gasteiger partial charge is 0.378 e. The van der Waals surface area contributed by atoms with Crippen molar-refractivity contribution in [2.24, 2.45) is 0 Å². The molecule has 5 nitrogen and oxygen atoms in total. The molecule has 1 aromatic carbocycles. The fraction of sp³-hybridized carbons (Fsp3) is 0.429. The van der Waals surface area contributed by atoms with E-state index in [9.17, 15) is 0 Å². The minimum atomic E-state index is 0.253. The van der Waals surface area contributed by atoms with Gasteiger partial charge in [0.2, 0.25) is 5.89 Å². The Morgan fingerprint density at radius 3 is 3.10 bits per heavy atom. The normalized spacial score (nSPS) is 18.8. The second-order valence-corrected chi connectivity index (χ2v) is 6.18. The summed E-state index contributed by atoms with van der Waals surface area (Å²) in [5.41, 5.74) is 0. The molecule has 0 aliphatic carbocycles. The molecule has 2 aromatic rings. The van der Waals surface area contributed by atoms with Gasteiger partial charge in [-0.1, -0.05) is 28.9 Å². The zero-order valence-corrected chi connectivity index (χ0v) is 13.0. The van der Waals surface area contributed by atoms with Gasteiger partial charge in [-0.3, -0.25) is 0 Å². The number of hydrogen-bond acceptors (Lipinski definition) is 6. The number of benzene rings is 1. The van der Waals surface area contributed by atoms with E-state index in [1.54, 1.807) is 11.8 Å². The fourth-order valence-corrected chi connectivity index (χ4v) is 3.18. The first-order valence-corrected chi connectivity index (χ1v) is 8.17. The zero-order chi connectivity index (χ0) is 14.5. The number of ether oxygens (including phenoxy) is 1. The molecule has 112 valence electrons. The highest BCUT2D eigenvalue weighted by atomic mass is 35.5. The molecule has 21 heavy (non-hydrogen) atoms. The second-order valence-electron chi connectivity index (χ2n) is 4.75. The van der Waals surface area contributed by atoms with E-state index in [4.69, 9.17) is 20.9 Å². The predicted molar refractivity (Wildman–Crippen MR) is 81.6 cm³/mol. The van der Waals surface area contributed by atoms with Crippen LogP contribution in [0.15, 0.2) is 33.7 Å². The first-order valence-electron chi connectivity index (χ1n) is 6.81. The molecular formula is C14H16ClN3O2S. The molecule has 1 aliphatic heterocycles. The lowest BCUT2D eigenvalue weighted by Gasteiger charge is -2.22. The SMILES string of the molecule is Clc1ccccc1SCc1noc(CC2COCCN2)n1. The van der Waals surface area contributed by atoms with Gasteiger partial charge in [-0.15, -0.1) is 11.8 Å². The van der Waals surface area contributed by atoms with E-state index in [0.717, 1.165) is 23.1 Å². The molecule has 0 radical (unpaired) electrons. The summed E-state index contributed by atoms with van der Waals surface area (Å²) in [6, 6.07) is 7.99. The molecule has 1 saturated heterocycles. The Labute approximate surface area is 132 Å². The van der Waals surface area contributed by atoms with E-state index in [1.807, 2.05) is 24.3 Å². The first kappa shape index (κ1) is 14.8. The molecule has 7 heteroatoms. The molecule has 2 heterocycles. The van der Waals surface area contributed by atoms with Crippen LogP contribution < -0.4 is 5.32 Å². The first-order chi connectivity index (χ1) is 10.3. The summed E-state index contributed by atoms with van der Waals surface area (Å²) in [7, 11) is 0. The van der Waals surface area contributed by atoms with Crippen LogP contribution in [0.4, 0.5) is 0 Å². The lowest BCUT2D eigenvalue weighted by atomic mass is 10.2. The number of rotatable bonds is 5. The number of nitrogens with one attached hydrogen (secondary N) is 1. The van der Waals surface area contributed by atoms with Crippen LogP contribution in [0.5, 0.6) is 0 Å². The van der Waals surface area contributed by atoms with Gasteiger partial charge in [-0.05, 0) is 12.1 Å². The Hall–Kier alpha value is -1.08. The molecule has 0 spiro atoms. The maximum atomic E-state index is 6.12. The smallest absolute Gasteiger partial charge is 0.228 e. The maximum absolute atomic E-state index is 6.12. The maximum Gasteiger partial charge on any atom is 0.228 e. The average Bonchev–Trinajstić information content (AvgIpc) is 2.95. The minimum absolute atomic E-state index is 0.253. The number of aromatic nitrogens is 2. The second kappa shape index (κ2) is 7.26. The van der Waals surface area contributed by atoms with Gasteiger partial charge in [-0.2, -0.15) is 4.98 Å². The zero-order valence-electron chi connectivity index (χ0n) is 11.4. The van der Waals surface area contributed by atoms with Crippen molar-refractivity contribution >= 4 is 23.4 Å². The van der Waals surface area contributed by atoms with Gasteiger partial charge in [0.05, 0.1) is 24.0 Å². The summed E-state index contributed by atoms with van der Waals surface area (Å²) in [5.74, 6) is 1.97. The van der Waals surface area contributed by atoms with Crippen molar-refractivity contribution in [1.82, 2.24) is 15.5 Å². The number of nitrogens with zero attached hydrogens (tertiary/aromatic N) is 2. The van der Waals surface area contributed by atoms with Crippen LogP contribution in [-0.4, -0.2) is 35.9 Å². The molecule has 1 atom stereocenters. The van der Waals surface area contributed by atoms with Gasteiger partial charge in [-0.25, -0.2) is 0 Å². The summed E-state index contributed by atoms with van der Waals surface area (Å²) in [4.78, 5) is 5.43. The summed E-state index contributed by atoms with van der Waals surface area (Å²) >= 11 is 7.72. The molecule has 1 fully saturated rings. The standard InChI is InChI=1S/C14H16ClN3O2S/c15-11-3-1-2-4-12(11)21-9-13-17-14(20-18-13)7-10-8-19-6-5-16-10/h1-4,10,16H,5-9H2. The van der Waals surface area contributed by atoms with Crippen molar-refractivity contribution in [1.29, 1.82) is 0 Å². The van der Waals surface area contributed by atoms with Crippen LogP contribution in [0.3, 0.4) is 0 Å². The van der Waals surface area contributed by atoms with E-state index < -0.39 is 0 Å². The van der Waals surface area contributed by atoms with Gasteiger partial charge in [0, 0.05) is 23.9 Å². The topological polar surface area (TPSA) is 60.2 Å². The quantitative estimate of drug-likeness (QED) is 0.853. The van der Waals surface area contributed by atoms with Crippen LogP contribution in [0.25, 0.3) is 0 Å². The van der Waals surface area contributed by atoms with Crippen LogP contribution in [0, 0.1) is 0 Å². The van der Waals surface area contributed by atoms with Gasteiger partial charge >= 0.3 is 0 Å². The Bertz CT molecular complexity index is 587. The number of halogens is 1. The number of thioether (sulfide) groups is 1. The predicted octanol–water partition coefficient (Wildman–Crippen LogP) is 2.55. The monoisotopic (exact) mass is 325 g/mol. The highest BCUT2D eigenvalue weighted by Gasteiger charge is 2.17. The van der Waals surface area contributed by atoms with E-state index in [-0.39, 0.29) is 6.04 Å². The Kier molecular flexibility index (Phi) is 5.13. The van der Waals surface area contributed by atoms with Gasteiger partial charge in [0.25, 0.3) is 0 Å². The lowest BCUT2D eigenvalue weighted by Crippen LogP contribution is -2.42. The van der Waals surface area contributed by atoms with Crippen molar-refractivity contribution in [3.05, 3.63) is 41.0 Å². The van der Waals surface area contributed by atoms with Crippen molar-refractivity contribution in [2.75, 3.05) is 19.8 Å². The van der Waals surface area contributed by atoms with E-state index in [0.29, 0.717) is 30.5 Å². The average molecular weight is 326 g/mol. The van der Waals surface area contributed by atoms with Crippen molar-refractivity contribution in [3.63, 3.8) is 0 Å². The van der Waals surface area contributed by atoms with E-state index in [1.165, 1.54) is 0 Å². The molecule has 1 aliphatic rings. The summed E-state index contributed by atoms with van der Waals surface area (Å²) in [6.07, 6.45) is 0.698. The Morgan fingerprint density at radius 2 is 2.29 bits per heavy atom. The lowest BCUT2D eigenvalue weighted by molar-refractivity contribution is 0.0744. The molecule has 1 aromatic heterocycles. The molecule has 1 N–H and O–H groups in total. The Morgan fingerprint density at radius 1 is 1.38 bits per heavy atom. The van der Waals surface area contributed by atoms with Crippen LogP contribution in [-0.2, 0) is 16.9 Å². The minimum Gasteiger partial charge on any atom is -0.378 e.